The minimum Gasteiger partial charge on any atom is -0.450 e. The molecule has 1 aromatic heterocycles. The van der Waals surface area contributed by atoms with Crippen LogP contribution in [0.1, 0.15) is 16.7 Å². The minimum atomic E-state index is -1.95. The molecule has 0 radical (unpaired) electrons. The number of rotatable bonds is 2. The van der Waals surface area contributed by atoms with Crippen LogP contribution in [-0.4, -0.2) is 8.07 Å². The maximum absolute atomic E-state index is 6.76. The Balaban J connectivity index is 1.89. The average Bonchev–Trinajstić information content (AvgIpc) is 2.71. The van der Waals surface area contributed by atoms with E-state index in [2.05, 4.69) is 106 Å². The summed E-state index contributed by atoms with van der Waals surface area (Å²) in [4.78, 5) is 0. The van der Waals surface area contributed by atoms with Gasteiger partial charge in [0.15, 0.2) is 11.9 Å². The van der Waals surface area contributed by atoms with E-state index in [0.717, 1.165) is 11.5 Å². The smallest absolute Gasteiger partial charge is 0.256 e. The van der Waals surface area contributed by atoms with E-state index >= 15 is 0 Å². The van der Waals surface area contributed by atoms with Crippen molar-refractivity contribution in [3.63, 3.8) is 0 Å². The SMILES string of the molecule is Cc1cc2c3c(c(C)c(C)cc3c1)-c1c(c([Si](C)(C)c3ccccc3)cc[n+]1C)O2. The lowest BCUT2D eigenvalue weighted by atomic mass is 9.90. The molecule has 2 nitrogen and oxygen atoms in total. The third-order valence-electron chi connectivity index (χ3n) is 6.76. The molecular formula is C27H28NOSi+. The fraction of sp³-hybridized carbons (Fsp3) is 0.222. The summed E-state index contributed by atoms with van der Waals surface area (Å²) >= 11 is 0. The summed E-state index contributed by atoms with van der Waals surface area (Å²) in [5.74, 6) is 2.02. The molecule has 30 heavy (non-hydrogen) atoms. The van der Waals surface area contributed by atoms with Crippen LogP contribution in [0.4, 0.5) is 0 Å². The van der Waals surface area contributed by atoms with Crippen molar-refractivity contribution in [3.8, 4) is 22.8 Å². The number of fused-ring (bicyclic) bond motifs is 2. The highest BCUT2D eigenvalue weighted by atomic mass is 28.3. The highest BCUT2D eigenvalue weighted by Crippen LogP contribution is 2.47. The molecule has 0 atom stereocenters. The molecule has 0 saturated carbocycles. The van der Waals surface area contributed by atoms with Crippen molar-refractivity contribution in [2.24, 2.45) is 7.05 Å². The molecule has 2 heterocycles. The molecule has 0 spiro atoms. The molecule has 3 aromatic carbocycles. The van der Waals surface area contributed by atoms with Gasteiger partial charge in [0, 0.05) is 11.5 Å². The van der Waals surface area contributed by atoms with Gasteiger partial charge in [0.05, 0.1) is 5.56 Å². The predicted octanol–water partition coefficient (Wildman–Crippen LogP) is 5.18. The Morgan fingerprint density at radius 3 is 2.37 bits per heavy atom. The van der Waals surface area contributed by atoms with Gasteiger partial charge >= 0.3 is 0 Å². The van der Waals surface area contributed by atoms with Crippen molar-refractivity contribution in [2.45, 2.75) is 33.9 Å². The largest absolute Gasteiger partial charge is 0.450 e. The summed E-state index contributed by atoms with van der Waals surface area (Å²) in [5.41, 5.74) is 6.42. The summed E-state index contributed by atoms with van der Waals surface area (Å²) in [7, 11) is 0.190. The zero-order chi connectivity index (χ0) is 21.2. The number of aryl methyl sites for hydroxylation is 3. The number of benzene rings is 3. The summed E-state index contributed by atoms with van der Waals surface area (Å²) in [5, 5.41) is 5.27. The van der Waals surface area contributed by atoms with Crippen molar-refractivity contribution in [1.82, 2.24) is 0 Å². The summed E-state index contributed by atoms with van der Waals surface area (Å²) in [6.45, 7) is 11.5. The van der Waals surface area contributed by atoms with Gasteiger partial charge in [-0.05, 0) is 54.1 Å². The fourth-order valence-electron chi connectivity index (χ4n) is 4.89. The zero-order valence-electron chi connectivity index (χ0n) is 18.6. The summed E-state index contributed by atoms with van der Waals surface area (Å²) in [6.07, 6.45) is 2.21. The van der Waals surface area contributed by atoms with Crippen LogP contribution in [0.5, 0.6) is 11.5 Å². The molecule has 0 fully saturated rings. The molecule has 4 aromatic rings. The standard InChI is InChI=1S/C27H28NOSi/c1-17-14-20-16-18(2)19(3)24-25(20)22(15-17)29-27-23(12-13-28(4)26(24)27)30(5,6)21-10-8-7-9-11-21/h7-16H,1-6H3/q+1. The minimum absolute atomic E-state index is 0.987. The van der Waals surface area contributed by atoms with Gasteiger partial charge in [0.1, 0.15) is 20.9 Å². The monoisotopic (exact) mass is 410 g/mol. The van der Waals surface area contributed by atoms with Crippen molar-refractivity contribution >= 4 is 29.2 Å². The van der Waals surface area contributed by atoms with Gasteiger partial charge < -0.3 is 4.74 Å². The van der Waals surface area contributed by atoms with Crippen molar-refractivity contribution in [1.29, 1.82) is 0 Å². The number of nitrogens with zero attached hydrogens (tertiary/aromatic N) is 1. The zero-order valence-corrected chi connectivity index (χ0v) is 19.6. The van der Waals surface area contributed by atoms with Crippen LogP contribution in [0.25, 0.3) is 22.0 Å². The quantitative estimate of drug-likeness (QED) is 0.288. The van der Waals surface area contributed by atoms with Gasteiger partial charge in [0.25, 0.3) is 5.69 Å². The van der Waals surface area contributed by atoms with Crippen LogP contribution >= 0.6 is 0 Å². The molecule has 0 aliphatic carbocycles. The first-order valence-electron chi connectivity index (χ1n) is 10.6. The topological polar surface area (TPSA) is 13.1 Å². The first-order chi connectivity index (χ1) is 14.3. The molecule has 3 heteroatoms. The molecule has 1 aliphatic heterocycles. The van der Waals surface area contributed by atoms with Crippen LogP contribution in [0.15, 0.2) is 60.8 Å². The molecular weight excluding hydrogens is 382 g/mol. The lowest BCUT2D eigenvalue weighted by Gasteiger charge is -2.29. The molecule has 1 aliphatic rings. The maximum Gasteiger partial charge on any atom is 0.256 e. The first-order valence-corrected chi connectivity index (χ1v) is 13.6. The Morgan fingerprint density at radius 1 is 0.900 bits per heavy atom. The van der Waals surface area contributed by atoms with Gasteiger partial charge in [-0.25, -0.2) is 0 Å². The lowest BCUT2D eigenvalue weighted by Crippen LogP contribution is -2.54. The average molecular weight is 411 g/mol. The normalized spacial score (nSPS) is 12.6. The van der Waals surface area contributed by atoms with E-state index in [4.69, 9.17) is 4.74 Å². The number of hydrogen-bond donors (Lipinski definition) is 0. The van der Waals surface area contributed by atoms with Gasteiger partial charge in [-0.3, -0.25) is 0 Å². The van der Waals surface area contributed by atoms with Gasteiger partial charge in [-0.15, -0.1) is 0 Å². The lowest BCUT2D eigenvalue weighted by molar-refractivity contribution is -0.660. The Morgan fingerprint density at radius 2 is 1.63 bits per heavy atom. The molecule has 0 bridgehead atoms. The number of ether oxygens (including phenoxy) is 1. The Bertz CT molecular complexity index is 1320. The van der Waals surface area contributed by atoms with Gasteiger partial charge in [-0.1, -0.05) is 60.7 Å². The van der Waals surface area contributed by atoms with Crippen LogP contribution in [0.3, 0.4) is 0 Å². The Hall–Kier alpha value is -2.91. The van der Waals surface area contributed by atoms with Crippen molar-refractivity contribution < 1.29 is 9.30 Å². The molecule has 150 valence electrons. The highest BCUT2D eigenvalue weighted by Gasteiger charge is 2.38. The van der Waals surface area contributed by atoms with E-state index in [1.165, 1.54) is 49.1 Å². The molecule has 0 N–H and O–H groups in total. The molecule has 0 amide bonds. The number of pyridine rings is 1. The number of aromatic nitrogens is 1. The van der Waals surface area contributed by atoms with E-state index in [1.807, 2.05) is 0 Å². The first kappa shape index (κ1) is 19.1. The fourth-order valence-corrected chi connectivity index (χ4v) is 7.46. The van der Waals surface area contributed by atoms with Crippen LogP contribution in [0, 0.1) is 20.8 Å². The van der Waals surface area contributed by atoms with E-state index in [-0.39, 0.29) is 0 Å². The molecule has 0 unspecified atom stereocenters. The van der Waals surface area contributed by atoms with E-state index in [0.29, 0.717) is 0 Å². The third-order valence-corrected chi connectivity index (χ3v) is 10.3. The van der Waals surface area contributed by atoms with Crippen molar-refractivity contribution in [2.75, 3.05) is 0 Å². The Kier molecular flexibility index (Phi) is 4.16. The summed E-state index contributed by atoms with van der Waals surface area (Å²) < 4.78 is 8.99. The third kappa shape index (κ3) is 2.65. The van der Waals surface area contributed by atoms with Gasteiger partial charge in [0.2, 0.25) is 0 Å². The second-order valence-electron chi connectivity index (χ2n) is 9.17. The van der Waals surface area contributed by atoms with Crippen molar-refractivity contribution in [3.05, 3.63) is 77.5 Å². The van der Waals surface area contributed by atoms with Crippen LogP contribution in [0.2, 0.25) is 13.1 Å². The van der Waals surface area contributed by atoms with E-state index in [9.17, 15) is 0 Å². The highest BCUT2D eigenvalue weighted by molar-refractivity contribution is 7.01. The second-order valence-corrected chi connectivity index (χ2v) is 13.5. The molecule has 5 rings (SSSR count). The predicted molar refractivity (Wildman–Crippen MR) is 128 cm³/mol. The second kappa shape index (κ2) is 6.54. The Labute approximate surface area is 179 Å². The van der Waals surface area contributed by atoms with Crippen LogP contribution in [-0.2, 0) is 7.05 Å². The maximum atomic E-state index is 6.76. The van der Waals surface area contributed by atoms with Gasteiger partial charge in [-0.2, -0.15) is 4.57 Å². The van der Waals surface area contributed by atoms with E-state index < -0.39 is 8.07 Å². The molecule has 0 saturated heterocycles. The number of hydrogen-bond acceptors (Lipinski definition) is 1. The van der Waals surface area contributed by atoms with E-state index in [1.54, 1.807) is 0 Å². The summed E-state index contributed by atoms with van der Waals surface area (Å²) in [6, 6.07) is 20.0. The van der Waals surface area contributed by atoms with Crippen LogP contribution < -0.4 is 19.7 Å².